The zero-order valence-corrected chi connectivity index (χ0v) is 17.2. The summed E-state index contributed by atoms with van der Waals surface area (Å²) < 4.78 is 59.1. The number of Topliss-reactive ketones (excluding diaryl/α,β-unsaturated/α-hetero) is 1. The van der Waals surface area contributed by atoms with Crippen LogP contribution in [0.25, 0.3) is 0 Å². The van der Waals surface area contributed by atoms with E-state index in [1.54, 1.807) is 39.8 Å². The van der Waals surface area contributed by atoms with Crippen LogP contribution in [0.1, 0.15) is 47.9 Å². The molecule has 0 aliphatic rings. The summed E-state index contributed by atoms with van der Waals surface area (Å²) in [6.45, 7) is 5.31. The van der Waals surface area contributed by atoms with E-state index in [4.69, 9.17) is 9.47 Å². The molecule has 0 radical (unpaired) electrons. The molecule has 2 heterocycles. The molecule has 30 heavy (non-hydrogen) atoms. The number of pyridine rings is 2. The summed E-state index contributed by atoms with van der Waals surface area (Å²) in [6.07, 6.45) is -2.32. The van der Waals surface area contributed by atoms with Gasteiger partial charge in [-0.25, -0.2) is 27.5 Å². The Morgan fingerprint density at radius 2 is 1.20 bits per heavy atom. The lowest BCUT2D eigenvalue weighted by Gasteiger charge is -2.18. The van der Waals surface area contributed by atoms with Gasteiger partial charge in [0.15, 0.2) is 13.2 Å². The SMILES string of the molecule is Cc1cc(C(C)C(=O)C(C)c2cnc(OCC(F)F)c(C)c2)cnc1OCC(F)F. The van der Waals surface area contributed by atoms with Crippen molar-refractivity contribution < 1.29 is 31.8 Å². The molecule has 164 valence electrons. The number of hydrogen-bond donors (Lipinski definition) is 0. The van der Waals surface area contributed by atoms with Crippen LogP contribution in [-0.2, 0) is 4.79 Å². The van der Waals surface area contributed by atoms with Gasteiger partial charge in [0.25, 0.3) is 12.9 Å². The summed E-state index contributed by atoms with van der Waals surface area (Å²) in [4.78, 5) is 21.0. The van der Waals surface area contributed by atoms with Gasteiger partial charge in [0.2, 0.25) is 11.8 Å². The Labute approximate surface area is 172 Å². The molecule has 0 saturated heterocycles. The Kier molecular flexibility index (Phi) is 8.14. The van der Waals surface area contributed by atoms with Gasteiger partial charge in [0, 0.05) is 35.4 Å². The molecule has 0 fully saturated rings. The maximum Gasteiger partial charge on any atom is 0.272 e. The second-order valence-electron chi connectivity index (χ2n) is 7.03. The average molecular weight is 428 g/mol. The molecule has 0 bridgehead atoms. The molecule has 0 spiro atoms. The van der Waals surface area contributed by atoms with Gasteiger partial charge in [0.05, 0.1) is 0 Å². The lowest BCUT2D eigenvalue weighted by molar-refractivity contribution is -0.121. The first kappa shape index (κ1) is 23.6. The Balaban J connectivity index is 2.11. The van der Waals surface area contributed by atoms with Crippen molar-refractivity contribution in [2.45, 2.75) is 52.4 Å². The Hall–Kier alpha value is -2.71. The van der Waals surface area contributed by atoms with E-state index in [9.17, 15) is 22.4 Å². The van der Waals surface area contributed by atoms with E-state index in [-0.39, 0.29) is 17.5 Å². The van der Waals surface area contributed by atoms with E-state index in [1.807, 2.05) is 0 Å². The van der Waals surface area contributed by atoms with Crippen LogP contribution in [0.4, 0.5) is 17.6 Å². The minimum Gasteiger partial charge on any atom is -0.471 e. The third kappa shape index (κ3) is 6.14. The van der Waals surface area contributed by atoms with Gasteiger partial charge in [-0.3, -0.25) is 4.79 Å². The number of hydrogen-bond acceptors (Lipinski definition) is 5. The van der Waals surface area contributed by atoms with Gasteiger partial charge in [-0.15, -0.1) is 0 Å². The van der Waals surface area contributed by atoms with Gasteiger partial charge in [-0.1, -0.05) is 13.8 Å². The van der Waals surface area contributed by atoms with Crippen LogP contribution < -0.4 is 9.47 Å². The summed E-state index contributed by atoms with van der Waals surface area (Å²) in [7, 11) is 0. The molecule has 2 rings (SSSR count). The van der Waals surface area contributed by atoms with E-state index < -0.39 is 37.9 Å². The number of ether oxygens (including phenoxy) is 2. The number of carbonyl (C=O) groups is 1. The van der Waals surface area contributed by atoms with Crippen LogP contribution in [0.15, 0.2) is 24.5 Å². The lowest BCUT2D eigenvalue weighted by Crippen LogP contribution is -2.18. The molecule has 2 aromatic rings. The van der Waals surface area contributed by atoms with Crippen LogP contribution in [0.3, 0.4) is 0 Å². The zero-order chi connectivity index (χ0) is 22.4. The van der Waals surface area contributed by atoms with Gasteiger partial charge >= 0.3 is 0 Å². The summed E-state index contributed by atoms with van der Waals surface area (Å²) in [6, 6.07) is 3.38. The fourth-order valence-electron chi connectivity index (χ4n) is 2.93. The molecular weight excluding hydrogens is 404 g/mol. The number of carbonyl (C=O) groups excluding carboxylic acids is 1. The topological polar surface area (TPSA) is 61.3 Å². The van der Waals surface area contributed by atoms with Crippen molar-refractivity contribution in [1.29, 1.82) is 0 Å². The molecule has 9 heteroatoms. The van der Waals surface area contributed by atoms with Crippen molar-refractivity contribution in [3.8, 4) is 11.8 Å². The molecule has 0 aliphatic heterocycles. The van der Waals surface area contributed by atoms with Gasteiger partial charge in [0.1, 0.15) is 5.78 Å². The monoisotopic (exact) mass is 428 g/mol. The molecule has 2 unspecified atom stereocenters. The largest absolute Gasteiger partial charge is 0.471 e. The fraction of sp³-hybridized carbons (Fsp3) is 0.476. The zero-order valence-electron chi connectivity index (χ0n) is 17.2. The van der Waals surface area contributed by atoms with Crippen molar-refractivity contribution in [1.82, 2.24) is 9.97 Å². The first-order valence-corrected chi connectivity index (χ1v) is 9.38. The predicted molar refractivity (Wildman–Crippen MR) is 103 cm³/mol. The van der Waals surface area contributed by atoms with Gasteiger partial charge in [-0.05, 0) is 37.1 Å². The highest BCUT2D eigenvalue weighted by Crippen LogP contribution is 2.29. The summed E-state index contributed by atoms with van der Waals surface area (Å²) in [5.74, 6) is -0.910. The number of rotatable bonds is 10. The third-order valence-corrected chi connectivity index (χ3v) is 4.65. The average Bonchev–Trinajstić information content (AvgIpc) is 2.69. The number of alkyl halides is 4. The van der Waals surface area contributed by atoms with E-state index in [2.05, 4.69) is 9.97 Å². The molecule has 5 nitrogen and oxygen atoms in total. The number of nitrogens with zero attached hydrogens (tertiary/aromatic N) is 2. The highest BCUT2D eigenvalue weighted by molar-refractivity contribution is 5.91. The van der Waals surface area contributed by atoms with Gasteiger partial charge in [-0.2, -0.15) is 0 Å². The highest BCUT2D eigenvalue weighted by atomic mass is 19.3. The smallest absolute Gasteiger partial charge is 0.272 e. The van der Waals surface area contributed by atoms with E-state index in [1.165, 1.54) is 12.4 Å². The first-order chi connectivity index (χ1) is 14.1. The lowest BCUT2D eigenvalue weighted by atomic mass is 9.86. The molecule has 0 N–H and O–H groups in total. The Bertz CT molecular complexity index is 808. The fourth-order valence-corrected chi connectivity index (χ4v) is 2.93. The quantitative estimate of drug-likeness (QED) is 0.506. The predicted octanol–water partition coefficient (Wildman–Crippen LogP) is 4.86. The first-order valence-electron chi connectivity index (χ1n) is 9.38. The Morgan fingerprint density at radius 1 is 0.833 bits per heavy atom. The maximum absolute atomic E-state index is 12.9. The normalized spacial score (nSPS) is 13.4. The third-order valence-electron chi connectivity index (χ3n) is 4.65. The highest BCUT2D eigenvalue weighted by Gasteiger charge is 2.25. The second kappa shape index (κ2) is 10.4. The van der Waals surface area contributed by atoms with Crippen molar-refractivity contribution in [3.63, 3.8) is 0 Å². The van der Waals surface area contributed by atoms with E-state index >= 15 is 0 Å². The molecule has 0 saturated carbocycles. The minimum absolute atomic E-state index is 0.0973. The van der Waals surface area contributed by atoms with Crippen LogP contribution in [0.2, 0.25) is 0 Å². The molecule has 0 aliphatic carbocycles. The van der Waals surface area contributed by atoms with Crippen molar-refractivity contribution >= 4 is 5.78 Å². The summed E-state index contributed by atoms with van der Waals surface area (Å²) >= 11 is 0. The van der Waals surface area contributed by atoms with Crippen LogP contribution in [0.5, 0.6) is 11.8 Å². The molecule has 0 amide bonds. The standard InChI is InChI=1S/C21H24F4N2O3/c1-11-5-15(7-26-20(11)29-9-17(22)23)13(3)19(28)14(4)16-6-12(2)21(27-8-16)30-10-18(24)25/h5-8,13-14,17-18H,9-10H2,1-4H3. The van der Waals surface area contributed by atoms with Crippen LogP contribution >= 0.6 is 0 Å². The maximum atomic E-state index is 12.9. The number of aryl methyl sites for hydroxylation is 2. The molecular formula is C21H24F4N2O3. The minimum atomic E-state index is -2.60. The Morgan fingerprint density at radius 3 is 1.50 bits per heavy atom. The summed E-state index contributed by atoms with van der Waals surface area (Å²) in [5, 5.41) is 0. The number of aromatic nitrogens is 2. The van der Waals surface area contributed by atoms with Crippen LogP contribution in [-0.4, -0.2) is 41.8 Å². The van der Waals surface area contributed by atoms with Gasteiger partial charge < -0.3 is 9.47 Å². The van der Waals surface area contributed by atoms with Crippen LogP contribution in [0, 0.1) is 13.8 Å². The summed E-state index contributed by atoms with van der Waals surface area (Å²) in [5.41, 5.74) is 2.38. The second-order valence-corrected chi connectivity index (χ2v) is 7.03. The molecule has 2 aromatic heterocycles. The molecule has 2 atom stereocenters. The van der Waals surface area contributed by atoms with Crippen molar-refractivity contribution in [3.05, 3.63) is 46.8 Å². The van der Waals surface area contributed by atoms with Crippen molar-refractivity contribution in [2.75, 3.05) is 13.2 Å². The molecule has 0 aromatic carbocycles. The number of halogens is 4. The van der Waals surface area contributed by atoms with Crippen molar-refractivity contribution in [2.24, 2.45) is 0 Å². The van der Waals surface area contributed by atoms with E-state index in [0.717, 1.165) is 0 Å². The number of ketones is 1. The van der Waals surface area contributed by atoms with E-state index in [0.29, 0.717) is 22.3 Å².